The van der Waals surface area contributed by atoms with Crippen LogP contribution >= 0.6 is 15.9 Å². The summed E-state index contributed by atoms with van der Waals surface area (Å²) < 4.78 is 1.03. The fourth-order valence-electron chi connectivity index (χ4n) is 1.63. The molecule has 1 heterocycles. The van der Waals surface area contributed by atoms with Crippen molar-refractivity contribution in [3.05, 3.63) is 61.7 Å². The molecule has 2 aromatic rings. The lowest BCUT2D eigenvalue weighted by molar-refractivity contribution is 0.902. The highest BCUT2D eigenvalue weighted by atomic mass is 79.9. The Morgan fingerprint density at radius 3 is 2.76 bits per heavy atom. The number of nitrogens with one attached hydrogen (secondary N) is 1. The monoisotopic (exact) mass is 292 g/mol. The topological polar surface area (TPSA) is 45.8 Å². The highest BCUT2D eigenvalue weighted by Crippen LogP contribution is 2.13. The maximum atomic E-state index is 11.6. The van der Waals surface area contributed by atoms with Crippen molar-refractivity contribution in [2.45, 2.75) is 20.3 Å². The first kappa shape index (κ1) is 12.0. The highest BCUT2D eigenvalue weighted by molar-refractivity contribution is 9.10. The number of nitrogens with zero attached hydrogens (tertiary/aromatic N) is 1. The molecule has 17 heavy (non-hydrogen) atoms. The van der Waals surface area contributed by atoms with E-state index in [-0.39, 0.29) is 5.56 Å². The Labute approximate surface area is 108 Å². The van der Waals surface area contributed by atoms with Crippen LogP contribution in [-0.2, 0) is 6.42 Å². The van der Waals surface area contributed by atoms with Crippen LogP contribution in [0.1, 0.15) is 22.6 Å². The Morgan fingerprint density at radius 1 is 1.35 bits per heavy atom. The van der Waals surface area contributed by atoms with E-state index in [1.807, 2.05) is 31.2 Å². The van der Waals surface area contributed by atoms with Crippen LogP contribution in [-0.4, -0.2) is 9.97 Å². The van der Waals surface area contributed by atoms with Crippen molar-refractivity contribution in [1.29, 1.82) is 0 Å². The summed E-state index contributed by atoms with van der Waals surface area (Å²) in [5, 5.41) is 0. The summed E-state index contributed by atoms with van der Waals surface area (Å²) in [5.74, 6) is 0.705. The van der Waals surface area contributed by atoms with Crippen LogP contribution in [0.4, 0.5) is 0 Å². The van der Waals surface area contributed by atoms with Crippen LogP contribution in [0.15, 0.2) is 33.5 Å². The minimum absolute atomic E-state index is 0.0532. The van der Waals surface area contributed by atoms with Gasteiger partial charge in [-0.3, -0.25) is 4.79 Å². The van der Waals surface area contributed by atoms with Gasteiger partial charge in [0.25, 0.3) is 5.56 Å². The van der Waals surface area contributed by atoms with Gasteiger partial charge in [-0.25, -0.2) is 4.98 Å². The first-order valence-electron chi connectivity index (χ1n) is 5.37. The second-order valence-electron chi connectivity index (χ2n) is 4.03. The zero-order valence-electron chi connectivity index (χ0n) is 9.75. The third-order valence-electron chi connectivity index (χ3n) is 2.70. The molecule has 0 aliphatic carbocycles. The van der Waals surface area contributed by atoms with Crippen molar-refractivity contribution < 1.29 is 0 Å². The molecule has 0 bridgehead atoms. The number of benzene rings is 1. The van der Waals surface area contributed by atoms with Crippen LogP contribution < -0.4 is 5.56 Å². The molecule has 0 saturated heterocycles. The van der Waals surface area contributed by atoms with E-state index in [2.05, 4.69) is 25.9 Å². The molecule has 0 saturated carbocycles. The van der Waals surface area contributed by atoms with Gasteiger partial charge in [0.05, 0.1) is 0 Å². The lowest BCUT2D eigenvalue weighted by Crippen LogP contribution is -2.16. The van der Waals surface area contributed by atoms with Gasteiger partial charge in [0.1, 0.15) is 5.82 Å². The van der Waals surface area contributed by atoms with E-state index in [4.69, 9.17) is 0 Å². The molecule has 4 heteroatoms. The third-order valence-corrected chi connectivity index (χ3v) is 3.20. The zero-order valence-corrected chi connectivity index (χ0v) is 11.3. The number of rotatable bonds is 2. The van der Waals surface area contributed by atoms with Crippen molar-refractivity contribution in [3.63, 3.8) is 0 Å². The van der Waals surface area contributed by atoms with E-state index in [0.29, 0.717) is 17.8 Å². The summed E-state index contributed by atoms with van der Waals surface area (Å²) in [6.45, 7) is 3.64. The van der Waals surface area contributed by atoms with Gasteiger partial charge in [-0.1, -0.05) is 28.1 Å². The van der Waals surface area contributed by atoms with Gasteiger partial charge in [0, 0.05) is 22.2 Å². The van der Waals surface area contributed by atoms with Gasteiger partial charge < -0.3 is 4.98 Å². The minimum Gasteiger partial charge on any atom is -0.310 e. The molecule has 0 radical (unpaired) electrons. The van der Waals surface area contributed by atoms with Crippen LogP contribution in [0.25, 0.3) is 0 Å². The molecule has 1 N–H and O–H groups in total. The van der Waals surface area contributed by atoms with E-state index in [1.165, 1.54) is 0 Å². The van der Waals surface area contributed by atoms with E-state index in [1.54, 1.807) is 6.92 Å². The highest BCUT2D eigenvalue weighted by Gasteiger charge is 2.04. The number of aromatic amines is 1. The zero-order chi connectivity index (χ0) is 12.4. The summed E-state index contributed by atoms with van der Waals surface area (Å²) in [6.07, 6.45) is 0.635. The second kappa shape index (κ2) is 4.84. The van der Waals surface area contributed by atoms with Crippen LogP contribution in [0, 0.1) is 13.8 Å². The fraction of sp³-hybridized carbons (Fsp3) is 0.231. The Hall–Kier alpha value is -1.42. The van der Waals surface area contributed by atoms with Gasteiger partial charge in [-0.15, -0.1) is 0 Å². The molecule has 0 spiro atoms. The number of halogens is 1. The van der Waals surface area contributed by atoms with Crippen LogP contribution in [0.3, 0.4) is 0 Å². The van der Waals surface area contributed by atoms with E-state index < -0.39 is 0 Å². The molecular formula is C13H13BrN2O. The van der Waals surface area contributed by atoms with Crippen LogP contribution in [0.2, 0.25) is 0 Å². The van der Waals surface area contributed by atoms with Crippen molar-refractivity contribution in [1.82, 2.24) is 9.97 Å². The summed E-state index contributed by atoms with van der Waals surface area (Å²) in [6, 6.07) is 7.98. The largest absolute Gasteiger partial charge is 0.310 e. The molecule has 1 aromatic carbocycles. The molecule has 0 fully saturated rings. The lowest BCUT2D eigenvalue weighted by Gasteiger charge is -2.04. The molecule has 0 unspecified atom stereocenters. The van der Waals surface area contributed by atoms with Gasteiger partial charge in [-0.05, 0) is 31.5 Å². The summed E-state index contributed by atoms with van der Waals surface area (Å²) in [7, 11) is 0. The first-order valence-corrected chi connectivity index (χ1v) is 6.16. The van der Waals surface area contributed by atoms with Gasteiger partial charge >= 0.3 is 0 Å². The number of aryl methyl sites for hydroxylation is 1. The Morgan fingerprint density at radius 2 is 2.12 bits per heavy atom. The number of aromatic nitrogens is 2. The minimum atomic E-state index is -0.0532. The normalized spacial score (nSPS) is 10.5. The maximum Gasteiger partial charge on any atom is 0.254 e. The predicted octanol–water partition coefficient (Wildman–Crippen LogP) is 2.74. The fourth-order valence-corrected chi connectivity index (χ4v) is 2.07. The third kappa shape index (κ3) is 2.82. The standard InChI is InChI=1S/C13H13BrN2O/c1-8-9(2)15-12(16-13(8)17)7-10-4-3-5-11(14)6-10/h3-6H,7H2,1-2H3,(H,15,16,17). The van der Waals surface area contributed by atoms with Crippen molar-refractivity contribution >= 4 is 15.9 Å². The molecule has 0 aliphatic rings. The van der Waals surface area contributed by atoms with Crippen molar-refractivity contribution in [2.24, 2.45) is 0 Å². The van der Waals surface area contributed by atoms with E-state index >= 15 is 0 Å². The van der Waals surface area contributed by atoms with Crippen molar-refractivity contribution in [3.8, 4) is 0 Å². The average Bonchev–Trinajstić information content (AvgIpc) is 2.26. The molecule has 0 amide bonds. The molecule has 0 atom stereocenters. The van der Waals surface area contributed by atoms with E-state index in [9.17, 15) is 4.79 Å². The average molecular weight is 293 g/mol. The lowest BCUT2D eigenvalue weighted by atomic mass is 10.1. The molecule has 2 rings (SSSR count). The van der Waals surface area contributed by atoms with Gasteiger partial charge in [0.2, 0.25) is 0 Å². The molecule has 0 aliphatic heterocycles. The summed E-state index contributed by atoms with van der Waals surface area (Å²) in [4.78, 5) is 18.8. The molecular weight excluding hydrogens is 280 g/mol. The summed E-state index contributed by atoms with van der Waals surface area (Å²) in [5.41, 5.74) is 2.54. The molecule has 88 valence electrons. The number of H-pyrrole nitrogens is 1. The number of hydrogen-bond donors (Lipinski definition) is 1. The molecule has 3 nitrogen and oxygen atoms in total. The number of hydrogen-bond acceptors (Lipinski definition) is 2. The maximum absolute atomic E-state index is 11.6. The first-order chi connectivity index (χ1) is 8.06. The van der Waals surface area contributed by atoms with Gasteiger partial charge in [0.15, 0.2) is 0 Å². The predicted molar refractivity (Wildman–Crippen MR) is 71.3 cm³/mol. The summed E-state index contributed by atoms with van der Waals surface area (Å²) >= 11 is 3.42. The Balaban J connectivity index is 2.34. The smallest absolute Gasteiger partial charge is 0.254 e. The SMILES string of the molecule is Cc1nc(Cc2cccc(Br)c2)[nH]c(=O)c1C. The second-order valence-corrected chi connectivity index (χ2v) is 4.95. The van der Waals surface area contributed by atoms with Crippen molar-refractivity contribution in [2.75, 3.05) is 0 Å². The van der Waals surface area contributed by atoms with E-state index in [0.717, 1.165) is 15.7 Å². The Kier molecular flexibility index (Phi) is 3.43. The molecule has 1 aromatic heterocycles. The quantitative estimate of drug-likeness (QED) is 0.925. The Bertz CT molecular complexity index is 605. The van der Waals surface area contributed by atoms with Gasteiger partial charge in [-0.2, -0.15) is 0 Å². The van der Waals surface area contributed by atoms with Crippen LogP contribution in [0.5, 0.6) is 0 Å².